The van der Waals surface area contributed by atoms with Crippen LogP contribution in [-0.2, 0) is 6.54 Å². The van der Waals surface area contributed by atoms with Crippen LogP contribution >= 0.6 is 12.4 Å². The van der Waals surface area contributed by atoms with E-state index in [9.17, 15) is 0 Å². The van der Waals surface area contributed by atoms with Crippen molar-refractivity contribution in [2.24, 2.45) is 5.73 Å². The highest BCUT2D eigenvalue weighted by atomic mass is 35.5. The molecule has 0 bridgehead atoms. The zero-order valence-corrected chi connectivity index (χ0v) is 12.6. The van der Waals surface area contributed by atoms with Gasteiger partial charge in [-0.25, -0.2) is 0 Å². The van der Waals surface area contributed by atoms with Crippen LogP contribution in [0.1, 0.15) is 36.5 Å². The summed E-state index contributed by atoms with van der Waals surface area (Å²) in [7, 11) is 0. The van der Waals surface area contributed by atoms with E-state index in [-0.39, 0.29) is 12.4 Å². The summed E-state index contributed by atoms with van der Waals surface area (Å²) in [6.07, 6.45) is 0. The van der Waals surface area contributed by atoms with Gasteiger partial charge in [-0.3, -0.25) is 0 Å². The minimum atomic E-state index is 0. The van der Waals surface area contributed by atoms with Gasteiger partial charge in [-0.15, -0.1) is 12.4 Å². The van der Waals surface area contributed by atoms with Gasteiger partial charge in [0.05, 0.1) is 0 Å². The van der Waals surface area contributed by atoms with Crippen molar-refractivity contribution in [3.05, 3.63) is 59.2 Å². The molecule has 0 atom stereocenters. The maximum atomic E-state index is 5.70. The standard InChI is InChI=1S/C17H21N.ClH/c1-12(2)14-5-4-6-15(10-14)16-7-8-17(11-18)13(3)9-16;/h4-10,12H,11,18H2,1-3H3;1H. The van der Waals surface area contributed by atoms with Crippen molar-refractivity contribution in [1.29, 1.82) is 0 Å². The maximum Gasteiger partial charge on any atom is 0.0180 e. The Morgan fingerprint density at radius 3 is 2.26 bits per heavy atom. The Hall–Kier alpha value is -1.31. The fourth-order valence-electron chi connectivity index (χ4n) is 2.18. The minimum Gasteiger partial charge on any atom is -0.326 e. The molecule has 2 heteroatoms. The van der Waals surface area contributed by atoms with Crippen LogP contribution in [-0.4, -0.2) is 0 Å². The molecule has 0 unspecified atom stereocenters. The molecule has 0 fully saturated rings. The minimum absolute atomic E-state index is 0. The molecule has 2 rings (SSSR count). The SMILES string of the molecule is Cc1cc(-c2cccc(C(C)C)c2)ccc1CN.Cl. The second-order valence-electron chi connectivity index (χ2n) is 5.13. The Labute approximate surface area is 122 Å². The van der Waals surface area contributed by atoms with Crippen LogP contribution < -0.4 is 5.73 Å². The van der Waals surface area contributed by atoms with Gasteiger partial charge in [0.25, 0.3) is 0 Å². The molecule has 0 aliphatic heterocycles. The lowest BCUT2D eigenvalue weighted by atomic mass is 9.95. The Morgan fingerprint density at radius 2 is 1.68 bits per heavy atom. The molecule has 2 aromatic rings. The van der Waals surface area contributed by atoms with Crippen molar-refractivity contribution in [1.82, 2.24) is 0 Å². The van der Waals surface area contributed by atoms with E-state index >= 15 is 0 Å². The van der Waals surface area contributed by atoms with E-state index in [1.807, 2.05) is 0 Å². The Bertz CT molecular complexity index is 547. The smallest absolute Gasteiger partial charge is 0.0180 e. The van der Waals surface area contributed by atoms with Gasteiger partial charge in [-0.2, -0.15) is 0 Å². The molecular weight excluding hydrogens is 254 g/mol. The predicted octanol–water partition coefficient (Wildman–Crippen LogP) is 4.67. The van der Waals surface area contributed by atoms with Gasteiger partial charge in [-0.05, 0) is 40.7 Å². The third-order valence-corrected chi connectivity index (χ3v) is 3.45. The topological polar surface area (TPSA) is 26.0 Å². The van der Waals surface area contributed by atoms with Crippen molar-refractivity contribution in [3.8, 4) is 11.1 Å². The van der Waals surface area contributed by atoms with Crippen molar-refractivity contribution < 1.29 is 0 Å². The Balaban J connectivity index is 0.00000180. The number of hydrogen-bond donors (Lipinski definition) is 1. The van der Waals surface area contributed by atoms with Crippen LogP contribution in [0.2, 0.25) is 0 Å². The Kier molecular flexibility index (Phi) is 5.59. The zero-order valence-electron chi connectivity index (χ0n) is 11.8. The molecular formula is C17H22ClN. The van der Waals surface area contributed by atoms with E-state index in [0.717, 1.165) is 0 Å². The molecule has 0 aromatic heterocycles. The molecule has 1 nitrogen and oxygen atoms in total. The molecule has 0 spiro atoms. The molecule has 0 saturated carbocycles. The van der Waals surface area contributed by atoms with E-state index in [4.69, 9.17) is 5.73 Å². The second kappa shape index (κ2) is 6.74. The third kappa shape index (κ3) is 3.59. The summed E-state index contributed by atoms with van der Waals surface area (Å²) in [4.78, 5) is 0. The average molecular weight is 276 g/mol. The van der Waals surface area contributed by atoms with Crippen LogP contribution in [0.4, 0.5) is 0 Å². The fraction of sp³-hybridized carbons (Fsp3) is 0.294. The first-order chi connectivity index (χ1) is 8.61. The summed E-state index contributed by atoms with van der Waals surface area (Å²) >= 11 is 0. The van der Waals surface area contributed by atoms with Gasteiger partial charge < -0.3 is 5.73 Å². The van der Waals surface area contributed by atoms with Gasteiger partial charge in [0.1, 0.15) is 0 Å². The first-order valence-electron chi connectivity index (χ1n) is 6.51. The quantitative estimate of drug-likeness (QED) is 0.866. The molecule has 2 N–H and O–H groups in total. The summed E-state index contributed by atoms with van der Waals surface area (Å²) in [5.74, 6) is 0.564. The number of rotatable bonds is 3. The number of benzene rings is 2. The third-order valence-electron chi connectivity index (χ3n) is 3.45. The molecule has 102 valence electrons. The molecule has 0 amide bonds. The van der Waals surface area contributed by atoms with Crippen molar-refractivity contribution in [2.75, 3.05) is 0 Å². The van der Waals surface area contributed by atoms with Crippen LogP contribution in [0, 0.1) is 6.92 Å². The molecule has 0 heterocycles. The predicted molar refractivity (Wildman–Crippen MR) is 85.8 cm³/mol. The summed E-state index contributed by atoms with van der Waals surface area (Å²) in [5.41, 5.74) is 12.1. The first kappa shape index (κ1) is 15.7. The van der Waals surface area contributed by atoms with E-state index in [1.165, 1.54) is 27.8 Å². The molecule has 2 aromatic carbocycles. The monoisotopic (exact) mass is 275 g/mol. The molecule has 0 aliphatic rings. The van der Waals surface area contributed by atoms with Gasteiger partial charge in [0, 0.05) is 6.54 Å². The summed E-state index contributed by atoms with van der Waals surface area (Å²) in [6.45, 7) is 7.18. The molecule has 0 aliphatic carbocycles. The van der Waals surface area contributed by atoms with Gasteiger partial charge in [0.15, 0.2) is 0 Å². The lowest BCUT2D eigenvalue weighted by Gasteiger charge is -2.10. The Morgan fingerprint density at radius 1 is 1.00 bits per heavy atom. The van der Waals surface area contributed by atoms with Crippen LogP contribution in [0.15, 0.2) is 42.5 Å². The van der Waals surface area contributed by atoms with Crippen molar-refractivity contribution >= 4 is 12.4 Å². The number of nitrogens with two attached hydrogens (primary N) is 1. The van der Waals surface area contributed by atoms with Gasteiger partial charge in [-0.1, -0.05) is 56.3 Å². The highest BCUT2D eigenvalue weighted by Gasteiger charge is 2.04. The lowest BCUT2D eigenvalue weighted by molar-refractivity contribution is 0.867. The highest BCUT2D eigenvalue weighted by Crippen LogP contribution is 2.25. The highest BCUT2D eigenvalue weighted by molar-refractivity contribution is 5.85. The van der Waals surface area contributed by atoms with Gasteiger partial charge >= 0.3 is 0 Å². The number of aryl methyl sites for hydroxylation is 1. The van der Waals surface area contributed by atoms with E-state index in [1.54, 1.807) is 0 Å². The summed E-state index contributed by atoms with van der Waals surface area (Å²) in [5, 5.41) is 0. The largest absolute Gasteiger partial charge is 0.326 e. The fourth-order valence-corrected chi connectivity index (χ4v) is 2.18. The molecule has 0 saturated heterocycles. The lowest BCUT2D eigenvalue weighted by Crippen LogP contribution is -1.98. The zero-order chi connectivity index (χ0) is 13.1. The second-order valence-corrected chi connectivity index (χ2v) is 5.13. The van der Waals surface area contributed by atoms with Crippen LogP contribution in [0.3, 0.4) is 0 Å². The summed E-state index contributed by atoms with van der Waals surface area (Å²) in [6, 6.07) is 15.3. The van der Waals surface area contributed by atoms with Gasteiger partial charge in [0.2, 0.25) is 0 Å². The normalized spacial score (nSPS) is 10.4. The number of hydrogen-bond acceptors (Lipinski definition) is 1. The first-order valence-corrected chi connectivity index (χ1v) is 6.51. The van der Waals surface area contributed by atoms with E-state index in [0.29, 0.717) is 12.5 Å². The van der Waals surface area contributed by atoms with E-state index in [2.05, 4.69) is 63.2 Å². The average Bonchev–Trinajstić information content (AvgIpc) is 2.38. The van der Waals surface area contributed by atoms with E-state index < -0.39 is 0 Å². The molecule has 19 heavy (non-hydrogen) atoms. The van der Waals surface area contributed by atoms with Crippen LogP contribution in [0.25, 0.3) is 11.1 Å². The van der Waals surface area contributed by atoms with Crippen molar-refractivity contribution in [3.63, 3.8) is 0 Å². The van der Waals surface area contributed by atoms with Crippen LogP contribution in [0.5, 0.6) is 0 Å². The summed E-state index contributed by atoms with van der Waals surface area (Å²) < 4.78 is 0. The number of halogens is 1. The molecule has 0 radical (unpaired) electrons. The van der Waals surface area contributed by atoms with Crippen molar-refractivity contribution in [2.45, 2.75) is 33.2 Å². The maximum absolute atomic E-state index is 5.70.